The third-order valence-corrected chi connectivity index (χ3v) is 5.41. The molecule has 2 unspecified atom stereocenters. The van der Waals surface area contributed by atoms with Crippen molar-refractivity contribution in [3.05, 3.63) is 0 Å². The van der Waals surface area contributed by atoms with Gasteiger partial charge >= 0.3 is 11.9 Å². The Hall–Kier alpha value is -1.06. The van der Waals surface area contributed by atoms with E-state index in [1.807, 2.05) is 41.5 Å². The molecule has 0 saturated heterocycles. The zero-order valence-electron chi connectivity index (χ0n) is 20.2. The van der Waals surface area contributed by atoms with Gasteiger partial charge in [-0.1, -0.05) is 94.9 Å². The van der Waals surface area contributed by atoms with E-state index in [0.29, 0.717) is 11.8 Å². The summed E-state index contributed by atoms with van der Waals surface area (Å²) in [4.78, 5) is 35.4. The molecule has 2 atom stereocenters. The molecular formula is C24H46O4. The van der Waals surface area contributed by atoms with E-state index in [4.69, 9.17) is 9.78 Å². The Balaban J connectivity index is 4.87. The van der Waals surface area contributed by atoms with Crippen molar-refractivity contribution in [2.45, 2.75) is 108 Å². The fourth-order valence-corrected chi connectivity index (χ4v) is 3.47. The normalized spacial score (nSPS) is 14.9. The second kappa shape index (κ2) is 11.8. The highest BCUT2D eigenvalue weighted by Crippen LogP contribution is 2.34. The van der Waals surface area contributed by atoms with Crippen molar-refractivity contribution in [3.63, 3.8) is 0 Å². The second-order valence-electron chi connectivity index (χ2n) is 11.3. The van der Waals surface area contributed by atoms with E-state index < -0.39 is 11.9 Å². The van der Waals surface area contributed by atoms with Crippen LogP contribution in [0.25, 0.3) is 0 Å². The monoisotopic (exact) mass is 398 g/mol. The molecule has 0 saturated carbocycles. The van der Waals surface area contributed by atoms with Crippen molar-refractivity contribution in [1.82, 2.24) is 0 Å². The predicted molar refractivity (Wildman–Crippen MR) is 115 cm³/mol. The molecule has 0 radical (unpaired) electrons. The van der Waals surface area contributed by atoms with Gasteiger partial charge in [-0.05, 0) is 35.5 Å². The molecule has 0 spiro atoms. The lowest BCUT2D eigenvalue weighted by Crippen LogP contribution is -2.34. The lowest BCUT2D eigenvalue weighted by Gasteiger charge is -2.30. The van der Waals surface area contributed by atoms with Crippen LogP contribution in [-0.4, -0.2) is 11.9 Å². The number of carbonyl (C=O) groups is 2. The van der Waals surface area contributed by atoms with Gasteiger partial charge < -0.3 is 0 Å². The summed E-state index contributed by atoms with van der Waals surface area (Å²) in [7, 11) is 0. The largest absolute Gasteiger partial charge is 0.359 e. The van der Waals surface area contributed by atoms with Crippen LogP contribution in [0.2, 0.25) is 0 Å². The summed E-state index contributed by atoms with van der Waals surface area (Å²) in [6, 6.07) is 0. The van der Waals surface area contributed by atoms with Crippen LogP contribution in [0.4, 0.5) is 0 Å². The minimum Gasteiger partial charge on any atom is -0.247 e. The Morgan fingerprint density at radius 2 is 0.893 bits per heavy atom. The third-order valence-electron chi connectivity index (χ3n) is 5.41. The van der Waals surface area contributed by atoms with E-state index in [1.165, 1.54) is 0 Å². The van der Waals surface area contributed by atoms with Gasteiger partial charge in [0.1, 0.15) is 0 Å². The van der Waals surface area contributed by atoms with Crippen LogP contribution >= 0.6 is 0 Å². The summed E-state index contributed by atoms with van der Waals surface area (Å²) in [6.45, 7) is 20.9. The molecular weight excluding hydrogens is 352 g/mol. The molecule has 0 amide bonds. The molecule has 0 aromatic heterocycles. The molecule has 166 valence electrons. The summed E-state index contributed by atoms with van der Waals surface area (Å²) in [5, 5.41) is 0. The van der Waals surface area contributed by atoms with Crippen LogP contribution in [0.15, 0.2) is 0 Å². The summed E-state index contributed by atoms with van der Waals surface area (Å²) in [5.74, 6) is -0.222. The standard InChI is InChI=1S/C24H46O4/c1-17(2)13-11-15-19(23(5,6)7)21(25)27-28-22(26)20(24(8,9)10)16-12-14-18(3)4/h17-20H,11-16H2,1-10H3. The molecule has 0 N–H and O–H groups in total. The van der Waals surface area contributed by atoms with Crippen LogP contribution in [0.1, 0.15) is 108 Å². The first-order chi connectivity index (χ1) is 12.7. The zero-order valence-corrected chi connectivity index (χ0v) is 20.2. The molecule has 0 fully saturated rings. The molecule has 0 aromatic carbocycles. The average molecular weight is 399 g/mol. The first-order valence-corrected chi connectivity index (χ1v) is 11.1. The molecule has 0 aliphatic heterocycles. The summed E-state index contributed by atoms with van der Waals surface area (Å²) in [6.07, 6.45) is 5.55. The number of hydrogen-bond acceptors (Lipinski definition) is 4. The Morgan fingerprint density at radius 1 is 0.607 bits per heavy atom. The lowest BCUT2D eigenvalue weighted by molar-refractivity contribution is -0.269. The molecule has 0 bridgehead atoms. The second-order valence-corrected chi connectivity index (χ2v) is 11.3. The highest BCUT2D eigenvalue weighted by molar-refractivity contribution is 5.76. The minimum atomic E-state index is -0.431. The number of hydrogen-bond donors (Lipinski definition) is 0. The number of rotatable bonds is 10. The zero-order chi connectivity index (χ0) is 22.1. The van der Waals surface area contributed by atoms with Crippen molar-refractivity contribution in [3.8, 4) is 0 Å². The average Bonchev–Trinajstić information content (AvgIpc) is 2.50. The number of carbonyl (C=O) groups excluding carboxylic acids is 2. The van der Waals surface area contributed by atoms with Gasteiger partial charge in [-0.2, -0.15) is 0 Å². The molecule has 28 heavy (non-hydrogen) atoms. The van der Waals surface area contributed by atoms with Crippen LogP contribution in [0, 0.1) is 34.5 Å². The molecule has 0 aromatic rings. The highest BCUT2D eigenvalue weighted by atomic mass is 17.2. The van der Waals surface area contributed by atoms with E-state index in [2.05, 4.69) is 27.7 Å². The van der Waals surface area contributed by atoms with Crippen molar-refractivity contribution < 1.29 is 19.4 Å². The van der Waals surface area contributed by atoms with Crippen LogP contribution in [-0.2, 0) is 19.4 Å². The van der Waals surface area contributed by atoms with Gasteiger partial charge in [0.15, 0.2) is 0 Å². The van der Waals surface area contributed by atoms with Gasteiger partial charge in [0.05, 0.1) is 11.8 Å². The maximum absolute atomic E-state index is 12.6. The van der Waals surface area contributed by atoms with Crippen LogP contribution in [0.3, 0.4) is 0 Å². The van der Waals surface area contributed by atoms with Crippen molar-refractivity contribution in [2.24, 2.45) is 34.5 Å². The van der Waals surface area contributed by atoms with Crippen LogP contribution < -0.4 is 0 Å². The summed E-state index contributed by atoms with van der Waals surface area (Å²) < 4.78 is 0. The SMILES string of the molecule is CC(C)CCCC(C(=O)OOC(=O)C(CCCC(C)C)C(C)(C)C)C(C)(C)C. The molecule has 4 heteroatoms. The van der Waals surface area contributed by atoms with E-state index in [0.717, 1.165) is 38.5 Å². The van der Waals surface area contributed by atoms with Crippen molar-refractivity contribution in [1.29, 1.82) is 0 Å². The van der Waals surface area contributed by atoms with Crippen molar-refractivity contribution in [2.75, 3.05) is 0 Å². The summed E-state index contributed by atoms with van der Waals surface area (Å²) in [5.41, 5.74) is -0.470. The summed E-state index contributed by atoms with van der Waals surface area (Å²) >= 11 is 0. The predicted octanol–water partition coefficient (Wildman–Crippen LogP) is 6.97. The van der Waals surface area contributed by atoms with E-state index in [1.54, 1.807) is 0 Å². The fourth-order valence-electron chi connectivity index (χ4n) is 3.47. The Labute approximate surface area is 174 Å². The van der Waals surface area contributed by atoms with E-state index in [9.17, 15) is 9.59 Å². The first kappa shape index (κ1) is 26.9. The molecule has 0 heterocycles. The Morgan fingerprint density at radius 3 is 1.11 bits per heavy atom. The Kier molecular flexibility index (Phi) is 11.4. The maximum Gasteiger partial charge on any atom is 0.359 e. The molecule has 0 aliphatic carbocycles. The molecule has 0 rings (SSSR count). The van der Waals surface area contributed by atoms with Gasteiger partial charge in [-0.3, -0.25) is 0 Å². The van der Waals surface area contributed by atoms with E-state index in [-0.39, 0.29) is 22.7 Å². The quantitative estimate of drug-likeness (QED) is 0.295. The van der Waals surface area contributed by atoms with Gasteiger partial charge in [-0.15, -0.1) is 0 Å². The minimum absolute atomic E-state index is 0.235. The molecule has 4 nitrogen and oxygen atoms in total. The third kappa shape index (κ3) is 11.1. The lowest BCUT2D eigenvalue weighted by atomic mass is 9.77. The fraction of sp³-hybridized carbons (Fsp3) is 0.917. The van der Waals surface area contributed by atoms with Gasteiger partial charge in [0.25, 0.3) is 0 Å². The van der Waals surface area contributed by atoms with Gasteiger partial charge in [0.2, 0.25) is 0 Å². The van der Waals surface area contributed by atoms with E-state index >= 15 is 0 Å². The van der Waals surface area contributed by atoms with Crippen LogP contribution in [0.5, 0.6) is 0 Å². The van der Waals surface area contributed by atoms with Crippen molar-refractivity contribution >= 4 is 11.9 Å². The highest BCUT2D eigenvalue weighted by Gasteiger charge is 2.36. The maximum atomic E-state index is 12.6. The van der Waals surface area contributed by atoms with Gasteiger partial charge in [-0.25, -0.2) is 19.4 Å². The molecule has 0 aliphatic rings. The topological polar surface area (TPSA) is 52.6 Å². The smallest absolute Gasteiger partial charge is 0.247 e. The first-order valence-electron chi connectivity index (χ1n) is 11.1. The van der Waals surface area contributed by atoms with Gasteiger partial charge in [0, 0.05) is 0 Å². The Bertz CT molecular complexity index is 422.